The summed E-state index contributed by atoms with van der Waals surface area (Å²) in [5, 5.41) is 2.61. The predicted octanol–water partition coefficient (Wildman–Crippen LogP) is 1.22. The van der Waals surface area contributed by atoms with Gasteiger partial charge in [0.25, 0.3) is 0 Å². The molecule has 1 aromatic carbocycles. The van der Waals surface area contributed by atoms with Gasteiger partial charge < -0.3 is 10.2 Å². The number of carbonyl (C=O) groups is 2. The Hall–Kier alpha value is -1.84. The molecule has 0 bridgehead atoms. The molecule has 0 saturated carbocycles. The van der Waals surface area contributed by atoms with E-state index in [4.69, 9.17) is 0 Å². The highest BCUT2D eigenvalue weighted by atomic mass is 16.2. The second-order valence-corrected chi connectivity index (χ2v) is 4.14. The third kappa shape index (κ3) is 2.46. The molecular weight excluding hydrogens is 216 g/mol. The summed E-state index contributed by atoms with van der Waals surface area (Å²) in [7, 11) is 1.62. The zero-order valence-electron chi connectivity index (χ0n) is 9.90. The molecule has 0 radical (unpaired) electrons. The van der Waals surface area contributed by atoms with Crippen molar-refractivity contribution in [2.24, 2.45) is 0 Å². The lowest BCUT2D eigenvalue weighted by molar-refractivity contribution is -0.119. The van der Waals surface area contributed by atoms with Gasteiger partial charge in [-0.25, -0.2) is 0 Å². The number of hydrogen-bond donors (Lipinski definition) is 1. The number of rotatable bonds is 2. The Morgan fingerprint density at radius 2 is 2.18 bits per heavy atom. The molecule has 1 heterocycles. The maximum Gasteiger partial charge on any atom is 0.239 e. The molecule has 90 valence electrons. The van der Waals surface area contributed by atoms with E-state index in [0.29, 0.717) is 13.0 Å². The Balaban J connectivity index is 2.31. The zero-order valence-corrected chi connectivity index (χ0v) is 9.90. The molecule has 0 unspecified atom stereocenters. The van der Waals surface area contributed by atoms with Gasteiger partial charge in [0.15, 0.2) is 5.78 Å². The number of Topliss-reactive ketones (excluding diaryl/α,β-unsaturated/α-hetero) is 1. The van der Waals surface area contributed by atoms with Crippen LogP contribution in [0.2, 0.25) is 0 Å². The smallest absolute Gasteiger partial charge is 0.239 e. The van der Waals surface area contributed by atoms with Gasteiger partial charge in [0.2, 0.25) is 5.91 Å². The Morgan fingerprint density at radius 3 is 2.94 bits per heavy atom. The van der Waals surface area contributed by atoms with Crippen molar-refractivity contribution >= 4 is 17.4 Å². The van der Waals surface area contributed by atoms with E-state index in [0.717, 1.165) is 24.2 Å². The topological polar surface area (TPSA) is 49.4 Å². The number of fused-ring (bicyclic) bond motifs is 1. The van der Waals surface area contributed by atoms with Gasteiger partial charge in [-0.15, -0.1) is 0 Å². The van der Waals surface area contributed by atoms with Gasteiger partial charge in [-0.2, -0.15) is 0 Å². The lowest BCUT2D eigenvalue weighted by atomic mass is 10.1. The molecule has 2 rings (SSSR count). The van der Waals surface area contributed by atoms with Gasteiger partial charge >= 0.3 is 0 Å². The first-order valence-corrected chi connectivity index (χ1v) is 5.80. The number of benzene rings is 1. The van der Waals surface area contributed by atoms with Crippen LogP contribution in [-0.4, -0.2) is 31.8 Å². The number of nitrogens with zero attached hydrogens (tertiary/aromatic N) is 1. The summed E-state index contributed by atoms with van der Waals surface area (Å²) < 4.78 is 0. The molecular formula is C13H16N2O2. The monoisotopic (exact) mass is 232 g/mol. The van der Waals surface area contributed by atoms with Crippen molar-refractivity contribution in [1.29, 1.82) is 0 Å². The van der Waals surface area contributed by atoms with Crippen molar-refractivity contribution in [2.75, 3.05) is 25.0 Å². The fourth-order valence-corrected chi connectivity index (χ4v) is 2.09. The second kappa shape index (κ2) is 4.99. The van der Waals surface area contributed by atoms with Crippen LogP contribution in [0.25, 0.3) is 0 Å². The molecule has 1 N–H and O–H groups in total. The van der Waals surface area contributed by atoms with Crippen LogP contribution in [0, 0.1) is 0 Å². The van der Waals surface area contributed by atoms with E-state index in [1.165, 1.54) is 0 Å². The summed E-state index contributed by atoms with van der Waals surface area (Å²) in [5.41, 5.74) is 1.60. The molecule has 0 saturated heterocycles. The quantitative estimate of drug-likeness (QED) is 0.834. The molecule has 0 fully saturated rings. The number of para-hydroxylation sites is 1. The molecule has 1 aliphatic rings. The van der Waals surface area contributed by atoms with Gasteiger partial charge in [0.05, 0.1) is 6.54 Å². The van der Waals surface area contributed by atoms with Crippen molar-refractivity contribution in [1.82, 2.24) is 5.32 Å². The zero-order chi connectivity index (χ0) is 12.3. The Bertz CT molecular complexity index is 443. The van der Waals surface area contributed by atoms with Crippen LogP contribution < -0.4 is 10.2 Å². The second-order valence-electron chi connectivity index (χ2n) is 4.14. The number of anilines is 1. The van der Waals surface area contributed by atoms with Crippen LogP contribution >= 0.6 is 0 Å². The molecule has 0 atom stereocenters. The van der Waals surface area contributed by atoms with Gasteiger partial charge in [-0.05, 0) is 18.6 Å². The van der Waals surface area contributed by atoms with E-state index < -0.39 is 0 Å². The molecule has 1 amide bonds. The standard InChI is InChI=1S/C13H16N2O2/c1-14-13(17)9-15-8-4-7-12(16)10-5-2-3-6-11(10)15/h2-3,5-6H,4,7-9H2,1H3,(H,14,17). The summed E-state index contributed by atoms with van der Waals surface area (Å²) in [6, 6.07) is 7.50. The third-order valence-electron chi connectivity index (χ3n) is 2.99. The first-order valence-electron chi connectivity index (χ1n) is 5.80. The minimum Gasteiger partial charge on any atom is -0.362 e. The minimum atomic E-state index is -0.0332. The lowest BCUT2D eigenvalue weighted by Crippen LogP contribution is -2.36. The van der Waals surface area contributed by atoms with Crippen molar-refractivity contribution in [3.05, 3.63) is 29.8 Å². The van der Waals surface area contributed by atoms with E-state index >= 15 is 0 Å². The van der Waals surface area contributed by atoms with E-state index in [9.17, 15) is 9.59 Å². The van der Waals surface area contributed by atoms with Crippen molar-refractivity contribution in [2.45, 2.75) is 12.8 Å². The van der Waals surface area contributed by atoms with Crippen LogP contribution in [-0.2, 0) is 4.79 Å². The highest BCUT2D eigenvalue weighted by molar-refractivity contribution is 6.02. The number of nitrogens with one attached hydrogen (secondary N) is 1. The predicted molar refractivity (Wildman–Crippen MR) is 66.3 cm³/mol. The Morgan fingerprint density at radius 1 is 1.41 bits per heavy atom. The molecule has 0 aromatic heterocycles. The van der Waals surface area contributed by atoms with Crippen LogP contribution in [0.1, 0.15) is 23.2 Å². The highest BCUT2D eigenvalue weighted by Gasteiger charge is 2.21. The first kappa shape index (κ1) is 11.6. The SMILES string of the molecule is CNC(=O)CN1CCCC(=O)c2ccccc21. The van der Waals surface area contributed by atoms with Crippen LogP contribution in [0.3, 0.4) is 0 Å². The maximum atomic E-state index is 11.9. The molecule has 0 aliphatic carbocycles. The summed E-state index contributed by atoms with van der Waals surface area (Å²) in [6.45, 7) is 1.05. The summed E-state index contributed by atoms with van der Waals surface area (Å²) in [6.07, 6.45) is 1.35. The summed E-state index contributed by atoms with van der Waals surface area (Å²) in [5.74, 6) is 0.133. The average Bonchev–Trinajstić information content (AvgIpc) is 2.51. The van der Waals surface area contributed by atoms with Crippen molar-refractivity contribution in [3.63, 3.8) is 0 Å². The van der Waals surface area contributed by atoms with Gasteiger partial charge in [0.1, 0.15) is 0 Å². The molecule has 1 aliphatic heterocycles. The van der Waals surface area contributed by atoms with Crippen molar-refractivity contribution < 1.29 is 9.59 Å². The highest BCUT2D eigenvalue weighted by Crippen LogP contribution is 2.25. The summed E-state index contributed by atoms with van der Waals surface area (Å²) in [4.78, 5) is 25.3. The molecule has 4 nitrogen and oxygen atoms in total. The van der Waals surface area contributed by atoms with Crippen molar-refractivity contribution in [3.8, 4) is 0 Å². The number of ketones is 1. The van der Waals surface area contributed by atoms with Gasteiger partial charge in [-0.1, -0.05) is 12.1 Å². The van der Waals surface area contributed by atoms with E-state index in [1.54, 1.807) is 7.05 Å². The molecule has 0 spiro atoms. The van der Waals surface area contributed by atoms with E-state index in [2.05, 4.69) is 5.32 Å². The summed E-state index contributed by atoms with van der Waals surface area (Å²) >= 11 is 0. The molecule has 17 heavy (non-hydrogen) atoms. The fraction of sp³-hybridized carbons (Fsp3) is 0.385. The van der Waals surface area contributed by atoms with Crippen LogP contribution in [0.15, 0.2) is 24.3 Å². The van der Waals surface area contributed by atoms with Gasteiger partial charge in [-0.3, -0.25) is 9.59 Å². The molecule has 1 aromatic rings. The van der Waals surface area contributed by atoms with Crippen LogP contribution in [0.4, 0.5) is 5.69 Å². The molecule has 4 heteroatoms. The number of likely N-dealkylation sites (N-methyl/N-ethyl adjacent to an activating group) is 1. The Labute approximate surface area is 101 Å². The number of hydrogen-bond acceptors (Lipinski definition) is 3. The lowest BCUT2D eigenvalue weighted by Gasteiger charge is -2.23. The fourth-order valence-electron chi connectivity index (χ4n) is 2.09. The first-order chi connectivity index (χ1) is 8.22. The number of amides is 1. The maximum absolute atomic E-state index is 11.9. The third-order valence-corrected chi connectivity index (χ3v) is 2.99. The van der Waals surface area contributed by atoms with E-state index in [1.807, 2.05) is 29.2 Å². The number of carbonyl (C=O) groups excluding carboxylic acids is 2. The largest absolute Gasteiger partial charge is 0.362 e. The normalized spacial score (nSPS) is 15.1. The minimum absolute atomic E-state index is 0.0332. The van der Waals surface area contributed by atoms with Gasteiger partial charge in [0, 0.05) is 31.3 Å². The average molecular weight is 232 g/mol. The Kier molecular flexibility index (Phi) is 3.42. The van der Waals surface area contributed by atoms with E-state index in [-0.39, 0.29) is 11.7 Å². The van der Waals surface area contributed by atoms with Crippen LogP contribution in [0.5, 0.6) is 0 Å².